The summed E-state index contributed by atoms with van der Waals surface area (Å²) < 4.78 is 54.8. The number of methoxy groups -OCH3 is 1. The summed E-state index contributed by atoms with van der Waals surface area (Å²) in [6.07, 6.45) is 15.3. The lowest BCUT2D eigenvalue weighted by Crippen LogP contribution is -2.46. The van der Waals surface area contributed by atoms with Gasteiger partial charge in [-0.15, -0.1) is 0 Å². The molecule has 2 N–H and O–H groups in total. The summed E-state index contributed by atoms with van der Waals surface area (Å²) in [5.74, 6) is 13.9. The van der Waals surface area contributed by atoms with Crippen LogP contribution in [0.2, 0.25) is 0 Å². The second kappa shape index (κ2) is 50.8. The van der Waals surface area contributed by atoms with E-state index in [1.165, 1.54) is 77.5 Å². The van der Waals surface area contributed by atoms with E-state index in [2.05, 4.69) is 260 Å². The largest absolute Gasteiger partial charge is 0.508 e. The Kier molecular flexibility index (Phi) is 39.2. The van der Waals surface area contributed by atoms with Crippen molar-refractivity contribution in [1.82, 2.24) is 0 Å². The number of phenols is 2. The van der Waals surface area contributed by atoms with Crippen LogP contribution in [0, 0.1) is 41.4 Å². The highest BCUT2D eigenvalue weighted by Crippen LogP contribution is 2.68. The zero-order chi connectivity index (χ0) is 90.7. The normalized spacial score (nSPS) is 20.0. The van der Waals surface area contributed by atoms with Gasteiger partial charge >= 0.3 is 0 Å². The number of rotatable bonds is 34. The topological polar surface area (TPSA) is 124 Å². The lowest BCUT2D eigenvalue weighted by molar-refractivity contribution is -0.142. The maximum absolute atomic E-state index is 9.01. The van der Waals surface area contributed by atoms with Gasteiger partial charge in [-0.05, 0) is 302 Å². The summed E-state index contributed by atoms with van der Waals surface area (Å²) in [7, 11) is 1.72. The number of aromatic hydroxyl groups is 2. The van der Waals surface area contributed by atoms with Crippen LogP contribution in [0.15, 0.2) is 297 Å². The fourth-order valence-electron chi connectivity index (χ4n) is 19.2. The van der Waals surface area contributed by atoms with Crippen molar-refractivity contribution in [3.8, 4) is 34.5 Å². The molecule has 128 heavy (non-hydrogen) atoms. The van der Waals surface area contributed by atoms with Crippen LogP contribution in [0.5, 0.6) is 34.5 Å². The van der Waals surface area contributed by atoms with Crippen LogP contribution >= 0.6 is 0 Å². The minimum absolute atomic E-state index is 0.147. The summed E-state index contributed by atoms with van der Waals surface area (Å²) in [4.78, 5) is 0. The zero-order valence-corrected chi connectivity index (χ0v) is 79.3. The second-order valence-electron chi connectivity index (χ2n) is 36.4. The van der Waals surface area contributed by atoms with Gasteiger partial charge in [0.2, 0.25) is 12.6 Å². The first-order valence-electron chi connectivity index (χ1n) is 48.1. The molecule has 11 aromatic carbocycles. The summed E-state index contributed by atoms with van der Waals surface area (Å²) in [6, 6.07) is 101. The maximum Gasteiger partial charge on any atom is 0.217 e. The minimum atomic E-state index is -0.659. The van der Waals surface area contributed by atoms with Crippen molar-refractivity contribution in [1.29, 1.82) is 0 Å². The number of hydrogen-bond acceptors (Lipinski definition) is 11. The molecule has 682 valence electrons. The third kappa shape index (κ3) is 27.8. The van der Waals surface area contributed by atoms with Crippen LogP contribution in [0.1, 0.15) is 277 Å². The zero-order valence-electron chi connectivity index (χ0n) is 79.3. The van der Waals surface area contributed by atoms with E-state index in [-0.39, 0.29) is 18.9 Å². The molecule has 0 spiro atoms. The fraction of sp³-hybridized carbons (Fsp3) is 0.436. The average molecular weight is 1730 g/mol. The molecule has 0 radical (unpaired) electrons. The van der Waals surface area contributed by atoms with Crippen LogP contribution in [-0.2, 0) is 42.3 Å². The number of hydrogen-bond donors (Lipinski definition) is 2. The van der Waals surface area contributed by atoms with Gasteiger partial charge in [-0.3, -0.25) is 0 Å². The van der Waals surface area contributed by atoms with Crippen molar-refractivity contribution in [2.75, 3.05) is 20.3 Å². The molecule has 16 rings (SSSR count). The van der Waals surface area contributed by atoms with Gasteiger partial charge in [0.25, 0.3) is 0 Å². The number of benzene rings is 11. The van der Waals surface area contributed by atoms with Gasteiger partial charge < -0.3 is 52.8 Å². The molecule has 5 aliphatic rings. The minimum Gasteiger partial charge on any atom is -0.508 e. The summed E-state index contributed by atoms with van der Waals surface area (Å²) in [6.45, 7) is 33.3. The van der Waals surface area contributed by atoms with Gasteiger partial charge in [-0.25, -0.2) is 0 Å². The maximum atomic E-state index is 9.01. The van der Waals surface area contributed by atoms with Crippen molar-refractivity contribution in [2.24, 2.45) is 41.4 Å². The van der Waals surface area contributed by atoms with E-state index < -0.39 is 11.7 Å². The Morgan fingerprint density at radius 3 is 1.01 bits per heavy atom. The van der Waals surface area contributed by atoms with E-state index in [0.717, 1.165) is 139 Å². The highest BCUT2D eigenvalue weighted by atomic mass is 16.7. The number of fused-ring (bicyclic) bond motifs is 9. The van der Waals surface area contributed by atoms with E-state index in [4.69, 9.17) is 52.8 Å². The highest BCUT2D eigenvalue weighted by molar-refractivity contribution is 5.52. The van der Waals surface area contributed by atoms with Crippen molar-refractivity contribution in [3.63, 3.8) is 0 Å². The summed E-state index contributed by atoms with van der Waals surface area (Å²) in [5, 5.41) is 18.0. The molecule has 5 fully saturated rings. The first kappa shape index (κ1) is 98.6. The Bertz CT molecular complexity index is 4690. The quantitative estimate of drug-likeness (QED) is 0.0228. The smallest absolute Gasteiger partial charge is 0.217 e. The summed E-state index contributed by atoms with van der Waals surface area (Å²) >= 11 is 0. The Balaban J connectivity index is 0.000000154. The molecular formula is C117H148O11. The second-order valence-corrected chi connectivity index (χ2v) is 36.4. The summed E-state index contributed by atoms with van der Waals surface area (Å²) in [5.41, 5.74) is 13.0. The first-order chi connectivity index (χ1) is 62.2. The molecule has 4 saturated carbocycles. The van der Waals surface area contributed by atoms with Gasteiger partial charge in [0.15, 0.2) is 12.6 Å². The Hall–Kier alpha value is -9.98. The van der Waals surface area contributed by atoms with Gasteiger partial charge in [0.05, 0.1) is 19.3 Å². The Morgan fingerprint density at radius 1 is 0.328 bits per heavy atom. The predicted octanol–water partition coefficient (Wildman–Crippen LogP) is 30.1. The van der Waals surface area contributed by atoms with Crippen molar-refractivity contribution in [3.05, 3.63) is 358 Å². The molecule has 1 aliphatic heterocycles. The molecule has 17 unspecified atom stereocenters. The van der Waals surface area contributed by atoms with Gasteiger partial charge in [0.1, 0.15) is 39.9 Å². The van der Waals surface area contributed by atoms with E-state index in [1.807, 2.05) is 110 Å². The fourth-order valence-corrected chi connectivity index (χ4v) is 19.2. The molecule has 1 saturated heterocycles. The predicted molar refractivity (Wildman–Crippen MR) is 524 cm³/mol. The van der Waals surface area contributed by atoms with Crippen molar-refractivity contribution >= 4 is 0 Å². The monoisotopic (exact) mass is 1730 g/mol. The molecular weight excluding hydrogens is 1580 g/mol. The highest BCUT2D eigenvalue weighted by Gasteiger charge is 2.63. The number of phenolic OH excluding ortho intramolecular Hbond substituents is 2. The molecule has 11 aromatic rings. The van der Waals surface area contributed by atoms with Gasteiger partial charge in [-0.1, -0.05) is 308 Å². The van der Waals surface area contributed by atoms with E-state index in [1.54, 1.807) is 31.4 Å². The van der Waals surface area contributed by atoms with Crippen LogP contribution < -0.4 is 18.9 Å². The molecule has 11 heteroatoms. The molecule has 4 aliphatic carbocycles. The standard InChI is InChI=1S/C31H32O2.C24H34O2.C23H30O3.C19H24O2.2C10H14O/c1-4-24(2)25-20-22-29(23-21-25)33-30(32-3)31(26-14-8-5-9-15-26,27-16-10-6-11-17-27)28-18-12-7-13-19-28;1-4-14(2)16-7-9-20(10-8-16)25-15(3)26-22-13-19-12-21(22)24-18-6-5-17(11-18)23(19)24;1-3-18(2)20-9-11-22(12-10-20)26-23(21-13-15-24-16-14-21)25-17-19-7-5-4-6-8-19;1-4-15(2)18-10-12-19(13-11-18)21-16(3)20-14-17-8-6-5-7-9-17;2*1-3-8(2)9-4-6-10(11)7-5-9/h5-24,30H,4H2,1-3H3;7-10,14-15,17-19,21-24H,4-6,11-13H2,1-3H3;4-12,18,21,23H,3,13-17H2,1-2H3;5-13,15-16H,4,14H2,1-3H3;2*4-8,11H,3H2,1-2H3. The van der Waals surface area contributed by atoms with Gasteiger partial charge in [0, 0.05) is 26.2 Å². The van der Waals surface area contributed by atoms with E-state index in [0.29, 0.717) is 72.2 Å². The van der Waals surface area contributed by atoms with Crippen LogP contribution in [0.4, 0.5) is 0 Å². The van der Waals surface area contributed by atoms with Crippen molar-refractivity contribution in [2.45, 2.75) is 266 Å². The molecule has 17 atom stereocenters. The molecule has 1 heterocycles. The lowest BCUT2D eigenvalue weighted by atomic mass is 9.68. The van der Waals surface area contributed by atoms with E-state index in [9.17, 15) is 0 Å². The molecule has 11 nitrogen and oxygen atoms in total. The van der Waals surface area contributed by atoms with E-state index >= 15 is 0 Å². The Morgan fingerprint density at radius 2 is 0.648 bits per heavy atom. The SMILES string of the molecule is CCC(C)c1ccc(O)cc1.CCC(C)c1ccc(O)cc1.CCC(C)c1ccc(OC(C)OC2CC3CC2C2C4CCC(C4)C32)cc1.CCC(C)c1ccc(OC(C)OCc2ccccc2)cc1.CCC(C)c1ccc(OC(OC)C(c2ccccc2)(c2ccccc2)c2ccccc2)cc1.CCC(C)c1ccc(OC(OCc2ccccc2)C2CCOCC2)cc1. The number of ether oxygens (including phenoxy) is 9. The third-order valence-electron chi connectivity index (χ3n) is 28.0. The third-order valence-corrected chi connectivity index (χ3v) is 28.0. The molecule has 4 bridgehead atoms. The average Bonchev–Trinajstić information content (AvgIpc) is 1.24. The first-order valence-corrected chi connectivity index (χ1v) is 48.1. The molecule has 0 amide bonds. The Labute approximate surface area is 768 Å². The van der Waals surface area contributed by atoms with Crippen LogP contribution in [0.25, 0.3) is 0 Å². The van der Waals surface area contributed by atoms with Gasteiger partial charge in [-0.2, -0.15) is 0 Å². The molecule has 0 aromatic heterocycles. The van der Waals surface area contributed by atoms with Crippen LogP contribution in [0.3, 0.4) is 0 Å². The van der Waals surface area contributed by atoms with Crippen LogP contribution in [-0.4, -0.2) is 61.8 Å². The lowest BCUT2D eigenvalue weighted by Gasteiger charge is -2.41. The van der Waals surface area contributed by atoms with Crippen molar-refractivity contribution < 1.29 is 52.8 Å².